The molecule has 0 aromatic rings. The van der Waals surface area contributed by atoms with Gasteiger partial charge in [-0.3, -0.25) is 4.79 Å². The smallest absolute Gasteiger partial charge is 0.142 e. The number of rotatable bonds is 3. The second-order valence-electron chi connectivity index (χ2n) is 1.12. The summed E-state index contributed by atoms with van der Waals surface area (Å²) in [5.74, 6) is 0. The van der Waals surface area contributed by atoms with E-state index in [0.29, 0.717) is 0 Å². The summed E-state index contributed by atoms with van der Waals surface area (Å²) in [5, 5.41) is 2.86. The Morgan fingerprint density at radius 2 is 2.43 bits per heavy atom. The normalized spacial score (nSPS) is 9.86. The Morgan fingerprint density at radius 1 is 1.71 bits per heavy atom. The van der Waals surface area contributed by atoms with Gasteiger partial charge in [0.25, 0.3) is 0 Å². The number of carbonyl (C=O) groups is 1. The molecule has 0 spiro atoms. The summed E-state index contributed by atoms with van der Waals surface area (Å²) in [7, 11) is 1.83. The highest BCUT2D eigenvalue weighted by molar-refractivity contribution is 5.64. The number of hydrogen-bond donors (Lipinski definition) is 1. The van der Waals surface area contributed by atoms with Crippen LogP contribution in [-0.2, 0) is 4.79 Å². The Hall–Kier alpha value is -0.630. The first-order valence-corrected chi connectivity index (χ1v) is 2.16. The van der Waals surface area contributed by atoms with Crippen molar-refractivity contribution in [1.82, 2.24) is 5.32 Å². The molecule has 0 aliphatic carbocycles. The standard InChI is InChI=1S/C5H9NO/c1-6-4-2-3-5-7/h2-3,5-6H,4H2,1H3/b3-2-. The predicted octanol–water partition coefficient (Wildman–Crippen LogP) is -0.0391. The maximum Gasteiger partial charge on any atom is 0.142 e. The minimum Gasteiger partial charge on any atom is -0.316 e. The Morgan fingerprint density at radius 3 is 2.86 bits per heavy atom. The van der Waals surface area contributed by atoms with Gasteiger partial charge in [0.1, 0.15) is 6.29 Å². The van der Waals surface area contributed by atoms with Crippen LogP contribution in [0.2, 0.25) is 0 Å². The molecule has 0 saturated carbocycles. The van der Waals surface area contributed by atoms with Crippen LogP contribution < -0.4 is 5.32 Å². The van der Waals surface area contributed by atoms with Crippen molar-refractivity contribution in [3.63, 3.8) is 0 Å². The molecule has 0 atom stereocenters. The van der Waals surface area contributed by atoms with Crippen LogP contribution >= 0.6 is 0 Å². The van der Waals surface area contributed by atoms with Crippen LogP contribution in [0.3, 0.4) is 0 Å². The van der Waals surface area contributed by atoms with Crippen LogP contribution in [-0.4, -0.2) is 19.9 Å². The van der Waals surface area contributed by atoms with Crippen molar-refractivity contribution >= 4 is 6.29 Å². The molecule has 0 saturated heterocycles. The van der Waals surface area contributed by atoms with E-state index in [4.69, 9.17) is 0 Å². The van der Waals surface area contributed by atoms with Gasteiger partial charge in [0.2, 0.25) is 0 Å². The summed E-state index contributed by atoms with van der Waals surface area (Å²) < 4.78 is 0. The van der Waals surface area contributed by atoms with Crippen molar-refractivity contribution in [1.29, 1.82) is 0 Å². The molecule has 0 aliphatic rings. The molecule has 0 heterocycles. The summed E-state index contributed by atoms with van der Waals surface area (Å²) in [5.41, 5.74) is 0. The number of aldehydes is 1. The Labute approximate surface area is 43.2 Å². The van der Waals surface area contributed by atoms with Crippen LogP contribution in [0.4, 0.5) is 0 Å². The first kappa shape index (κ1) is 6.37. The highest BCUT2D eigenvalue weighted by atomic mass is 16.1. The summed E-state index contributed by atoms with van der Waals surface area (Å²) in [6, 6.07) is 0. The van der Waals surface area contributed by atoms with Crippen LogP contribution in [0.5, 0.6) is 0 Å². The lowest BCUT2D eigenvalue weighted by Gasteiger charge is -1.81. The summed E-state index contributed by atoms with van der Waals surface area (Å²) in [4.78, 5) is 9.57. The van der Waals surface area contributed by atoms with Crippen molar-refractivity contribution in [3.05, 3.63) is 12.2 Å². The van der Waals surface area contributed by atoms with Crippen molar-refractivity contribution in [2.45, 2.75) is 0 Å². The van der Waals surface area contributed by atoms with Gasteiger partial charge >= 0.3 is 0 Å². The summed E-state index contributed by atoms with van der Waals surface area (Å²) in [6.45, 7) is 0.763. The van der Waals surface area contributed by atoms with E-state index in [1.54, 1.807) is 6.08 Å². The van der Waals surface area contributed by atoms with Crippen molar-refractivity contribution in [2.24, 2.45) is 0 Å². The minimum absolute atomic E-state index is 0.761. The summed E-state index contributed by atoms with van der Waals surface area (Å²) >= 11 is 0. The van der Waals surface area contributed by atoms with E-state index >= 15 is 0 Å². The van der Waals surface area contributed by atoms with E-state index < -0.39 is 0 Å². The van der Waals surface area contributed by atoms with Crippen molar-refractivity contribution < 1.29 is 4.79 Å². The fraction of sp³-hybridized carbons (Fsp3) is 0.400. The Balaban J connectivity index is 2.92. The average Bonchev–Trinajstić information content (AvgIpc) is 1.69. The van der Waals surface area contributed by atoms with Crippen molar-refractivity contribution in [2.75, 3.05) is 13.6 Å². The predicted molar refractivity (Wildman–Crippen MR) is 29.1 cm³/mol. The highest BCUT2D eigenvalue weighted by Crippen LogP contribution is 1.60. The number of likely N-dealkylation sites (N-methyl/N-ethyl adjacent to an activating group) is 1. The molecule has 0 fully saturated rings. The molecule has 0 unspecified atom stereocenters. The first-order valence-electron chi connectivity index (χ1n) is 2.16. The fourth-order valence-corrected chi connectivity index (χ4v) is 0.241. The third-order valence-corrected chi connectivity index (χ3v) is 0.537. The maximum atomic E-state index is 9.57. The molecular formula is C5H9NO. The summed E-state index contributed by atoms with van der Waals surface area (Å²) in [6.07, 6.45) is 3.99. The van der Waals surface area contributed by atoms with E-state index in [1.807, 2.05) is 7.05 Å². The molecule has 0 amide bonds. The molecule has 1 N–H and O–H groups in total. The van der Waals surface area contributed by atoms with Gasteiger partial charge < -0.3 is 5.32 Å². The average molecular weight is 99.1 g/mol. The highest BCUT2D eigenvalue weighted by Gasteiger charge is 1.64. The van der Waals surface area contributed by atoms with Gasteiger partial charge in [-0.2, -0.15) is 0 Å². The van der Waals surface area contributed by atoms with E-state index in [1.165, 1.54) is 6.08 Å². The molecule has 0 rings (SSSR count). The zero-order valence-electron chi connectivity index (χ0n) is 4.35. The van der Waals surface area contributed by atoms with Gasteiger partial charge in [-0.05, 0) is 13.1 Å². The van der Waals surface area contributed by atoms with Gasteiger partial charge in [0.05, 0.1) is 0 Å². The second-order valence-corrected chi connectivity index (χ2v) is 1.12. The van der Waals surface area contributed by atoms with E-state index in [2.05, 4.69) is 5.32 Å². The molecule has 2 nitrogen and oxygen atoms in total. The SMILES string of the molecule is CNC/C=C\C=O. The van der Waals surface area contributed by atoms with Crippen LogP contribution in [0.25, 0.3) is 0 Å². The number of allylic oxidation sites excluding steroid dienone is 1. The molecule has 0 bridgehead atoms. The zero-order chi connectivity index (χ0) is 5.54. The lowest BCUT2D eigenvalue weighted by Crippen LogP contribution is -2.03. The molecule has 0 aromatic carbocycles. The molecule has 0 radical (unpaired) electrons. The quantitative estimate of drug-likeness (QED) is 0.397. The van der Waals surface area contributed by atoms with Gasteiger partial charge in [-0.15, -0.1) is 0 Å². The third-order valence-electron chi connectivity index (χ3n) is 0.537. The monoisotopic (exact) mass is 99.1 g/mol. The number of carbonyl (C=O) groups excluding carboxylic acids is 1. The Bertz CT molecular complexity index is 68.5. The minimum atomic E-state index is 0.761. The number of hydrogen-bond acceptors (Lipinski definition) is 2. The van der Waals surface area contributed by atoms with E-state index in [-0.39, 0.29) is 0 Å². The van der Waals surface area contributed by atoms with E-state index in [0.717, 1.165) is 12.8 Å². The topological polar surface area (TPSA) is 29.1 Å². The number of nitrogens with one attached hydrogen (secondary N) is 1. The van der Waals surface area contributed by atoms with Crippen molar-refractivity contribution in [3.8, 4) is 0 Å². The fourth-order valence-electron chi connectivity index (χ4n) is 0.241. The first-order chi connectivity index (χ1) is 3.41. The van der Waals surface area contributed by atoms with E-state index in [9.17, 15) is 4.79 Å². The second kappa shape index (κ2) is 5.37. The van der Waals surface area contributed by atoms with Gasteiger partial charge in [-0.1, -0.05) is 6.08 Å². The molecule has 0 aliphatic heterocycles. The van der Waals surface area contributed by atoms with Crippen LogP contribution in [0.1, 0.15) is 0 Å². The van der Waals surface area contributed by atoms with Gasteiger partial charge in [0.15, 0.2) is 0 Å². The molecule has 2 heteroatoms. The third kappa shape index (κ3) is 5.37. The lowest BCUT2D eigenvalue weighted by atomic mass is 10.5. The van der Waals surface area contributed by atoms with Crippen LogP contribution in [0, 0.1) is 0 Å². The molecular weight excluding hydrogens is 90.1 g/mol. The van der Waals surface area contributed by atoms with Gasteiger partial charge in [-0.25, -0.2) is 0 Å². The molecule has 7 heavy (non-hydrogen) atoms. The van der Waals surface area contributed by atoms with Gasteiger partial charge in [0, 0.05) is 6.54 Å². The zero-order valence-corrected chi connectivity index (χ0v) is 4.35. The maximum absolute atomic E-state index is 9.57. The Kier molecular flexibility index (Phi) is 4.89. The molecule has 40 valence electrons. The largest absolute Gasteiger partial charge is 0.316 e. The lowest BCUT2D eigenvalue weighted by molar-refractivity contribution is -0.104. The van der Waals surface area contributed by atoms with Crippen LogP contribution in [0.15, 0.2) is 12.2 Å². The molecule has 0 aromatic heterocycles.